The van der Waals surface area contributed by atoms with Gasteiger partial charge in [0.2, 0.25) is 5.91 Å². The maximum absolute atomic E-state index is 12.4. The van der Waals surface area contributed by atoms with Gasteiger partial charge in [-0.3, -0.25) is 9.59 Å². The number of esters is 1. The van der Waals surface area contributed by atoms with Crippen LogP contribution in [0.3, 0.4) is 0 Å². The lowest BCUT2D eigenvalue weighted by atomic mass is 10.0. The lowest BCUT2D eigenvalue weighted by Crippen LogP contribution is -2.45. The molecule has 0 heterocycles. The fourth-order valence-corrected chi connectivity index (χ4v) is 8.58. The zero-order chi connectivity index (χ0) is 44.4. The van der Waals surface area contributed by atoms with Crippen LogP contribution >= 0.6 is 0 Å². The monoisotopic (exact) mass is 862 g/mol. The number of rotatable bonds is 51. The van der Waals surface area contributed by atoms with E-state index in [-0.39, 0.29) is 18.5 Å². The molecule has 0 aliphatic heterocycles. The second-order valence-corrected chi connectivity index (χ2v) is 18.9. The molecule has 0 radical (unpaired) electrons. The molecule has 2 atom stereocenters. The van der Waals surface area contributed by atoms with E-state index in [4.69, 9.17) is 4.74 Å². The third-order valence-corrected chi connectivity index (χ3v) is 12.8. The van der Waals surface area contributed by atoms with E-state index in [1.807, 2.05) is 0 Å². The predicted molar refractivity (Wildman–Crippen MR) is 264 cm³/mol. The molecule has 3 N–H and O–H groups in total. The van der Waals surface area contributed by atoms with Crippen molar-refractivity contribution in [2.24, 2.45) is 0 Å². The Morgan fingerprint density at radius 2 is 0.770 bits per heavy atom. The summed E-state index contributed by atoms with van der Waals surface area (Å²) in [6.07, 6.45) is 59.1. The molecule has 61 heavy (non-hydrogen) atoms. The van der Waals surface area contributed by atoms with E-state index in [1.54, 1.807) is 0 Å². The first-order valence-corrected chi connectivity index (χ1v) is 27.4. The van der Waals surface area contributed by atoms with Crippen LogP contribution in [-0.2, 0) is 14.3 Å². The Kier molecular flexibility index (Phi) is 50.1. The molecule has 0 fully saturated rings. The molecular formula is C55H107NO5. The van der Waals surface area contributed by atoms with Gasteiger partial charge in [-0.05, 0) is 51.4 Å². The Hall–Kier alpha value is -1.40. The summed E-state index contributed by atoms with van der Waals surface area (Å²) in [5, 5.41) is 23.2. The fourth-order valence-electron chi connectivity index (χ4n) is 8.58. The fraction of sp³-hybridized carbons (Fsp3) is 0.927. The molecule has 0 aromatic rings. The smallest absolute Gasteiger partial charge is 0.305 e. The van der Waals surface area contributed by atoms with Crippen molar-refractivity contribution in [3.8, 4) is 0 Å². The van der Waals surface area contributed by atoms with Crippen LogP contribution < -0.4 is 5.32 Å². The van der Waals surface area contributed by atoms with Crippen molar-refractivity contribution in [1.82, 2.24) is 5.32 Å². The molecule has 0 aliphatic carbocycles. The molecule has 2 unspecified atom stereocenters. The molecule has 362 valence electrons. The van der Waals surface area contributed by atoms with Crippen molar-refractivity contribution in [3.63, 3.8) is 0 Å². The van der Waals surface area contributed by atoms with Crippen LogP contribution in [0.25, 0.3) is 0 Å². The normalized spacial score (nSPS) is 12.7. The van der Waals surface area contributed by atoms with Crippen molar-refractivity contribution >= 4 is 11.9 Å². The lowest BCUT2D eigenvalue weighted by molar-refractivity contribution is -0.143. The second kappa shape index (κ2) is 51.2. The number of aliphatic hydroxyl groups excluding tert-OH is 2. The summed E-state index contributed by atoms with van der Waals surface area (Å²) in [6, 6.07) is -0.541. The number of ether oxygens (including phenoxy) is 1. The summed E-state index contributed by atoms with van der Waals surface area (Å²) in [5.74, 6) is -0.0375. The van der Waals surface area contributed by atoms with Gasteiger partial charge in [0.1, 0.15) is 0 Å². The van der Waals surface area contributed by atoms with Gasteiger partial charge in [-0.25, -0.2) is 0 Å². The van der Waals surface area contributed by atoms with E-state index >= 15 is 0 Å². The minimum Gasteiger partial charge on any atom is -0.466 e. The van der Waals surface area contributed by atoms with Gasteiger partial charge < -0.3 is 20.3 Å². The number of hydrogen-bond donors (Lipinski definition) is 3. The molecule has 6 heteroatoms. The Morgan fingerprint density at radius 3 is 1.16 bits per heavy atom. The third kappa shape index (κ3) is 47.9. The highest BCUT2D eigenvalue weighted by molar-refractivity contribution is 5.76. The van der Waals surface area contributed by atoms with Gasteiger partial charge in [0.25, 0.3) is 0 Å². The molecule has 0 spiro atoms. The molecular weight excluding hydrogens is 755 g/mol. The Balaban J connectivity index is 3.38. The summed E-state index contributed by atoms with van der Waals surface area (Å²) < 4.78 is 5.47. The SMILES string of the molecule is CCCCCCC/C=C\CCCCCCCC(=O)OCCCCCCCCCCCCCCCCCCCCCC(=O)NC(CO)C(O)CCCCCCCCCCCCC. The number of allylic oxidation sites excluding steroid dienone is 2. The highest BCUT2D eigenvalue weighted by Crippen LogP contribution is 2.17. The molecule has 0 rings (SSSR count). The minimum absolute atomic E-state index is 0.000686. The number of unbranched alkanes of at least 4 members (excludes halogenated alkanes) is 38. The molecule has 0 bridgehead atoms. The zero-order valence-electron chi connectivity index (χ0n) is 41.2. The van der Waals surface area contributed by atoms with Crippen molar-refractivity contribution in [3.05, 3.63) is 12.2 Å². The van der Waals surface area contributed by atoms with Crippen LogP contribution in [0.2, 0.25) is 0 Å². The number of carbonyl (C=O) groups excluding carboxylic acids is 2. The topological polar surface area (TPSA) is 95.9 Å². The molecule has 0 saturated heterocycles. The van der Waals surface area contributed by atoms with Gasteiger partial charge in [0.05, 0.1) is 25.4 Å². The van der Waals surface area contributed by atoms with Crippen LogP contribution in [0.1, 0.15) is 303 Å². The van der Waals surface area contributed by atoms with Crippen molar-refractivity contribution < 1.29 is 24.5 Å². The minimum atomic E-state index is -0.664. The van der Waals surface area contributed by atoms with Gasteiger partial charge >= 0.3 is 5.97 Å². The molecule has 0 aromatic carbocycles. The highest BCUT2D eigenvalue weighted by atomic mass is 16.5. The number of carbonyl (C=O) groups is 2. The van der Waals surface area contributed by atoms with E-state index in [9.17, 15) is 19.8 Å². The predicted octanol–water partition coefficient (Wildman–Crippen LogP) is 16.5. The Morgan fingerprint density at radius 1 is 0.443 bits per heavy atom. The van der Waals surface area contributed by atoms with E-state index in [0.717, 1.165) is 44.9 Å². The Labute approximate surface area is 380 Å². The summed E-state index contributed by atoms with van der Waals surface area (Å²) in [4.78, 5) is 24.4. The first kappa shape index (κ1) is 59.6. The molecule has 1 amide bonds. The van der Waals surface area contributed by atoms with Gasteiger partial charge in [0, 0.05) is 12.8 Å². The van der Waals surface area contributed by atoms with Gasteiger partial charge in [-0.15, -0.1) is 0 Å². The van der Waals surface area contributed by atoms with Crippen LogP contribution in [0.15, 0.2) is 12.2 Å². The average Bonchev–Trinajstić information content (AvgIpc) is 3.26. The number of hydrogen-bond acceptors (Lipinski definition) is 5. The van der Waals surface area contributed by atoms with Gasteiger partial charge in [-0.2, -0.15) is 0 Å². The summed E-state index contributed by atoms with van der Waals surface area (Å²) in [6.45, 7) is 4.93. The largest absolute Gasteiger partial charge is 0.466 e. The number of amides is 1. The van der Waals surface area contributed by atoms with E-state index < -0.39 is 12.1 Å². The van der Waals surface area contributed by atoms with Gasteiger partial charge in [-0.1, -0.05) is 251 Å². The van der Waals surface area contributed by atoms with Crippen molar-refractivity contribution in [2.75, 3.05) is 13.2 Å². The van der Waals surface area contributed by atoms with Crippen LogP contribution in [-0.4, -0.2) is 47.4 Å². The van der Waals surface area contributed by atoms with Crippen LogP contribution in [0, 0.1) is 0 Å². The second-order valence-electron chi connectivity index (χ2n) is 18.9. The maximum atomic E-state index is 12.4. The standard InChI is InChI=1S/C55H107NO5/c1-3-5-7-9-11-13-15-16-25-29-33-37-41-45-49-55(60)61-50-46-42-38-34-30-26-23-21-19-17-18-20-22-24-28-32-36-40-44-48-54(59)56-52(51-57)53(58)47-43-39-35-31-27-14-12-10-8-6-4-2/h15-16,52-53,57-58H,3-14,17-51H2,1-2H3,(H,56,59)/b16-15-. The van der Waals surface area contributed by atoms with Crippen molar-refractivity contribution in [1.29, 1.82) is 0 Å². The van der Waals surface area contributed by atoms with Crippen molar-refractivity contribution in [2.45, 2.75) is 315 Å². The van der Waals surface area contributed by atoms with E-state index in [2.05, 4.69) is 31.3 Å². The van der Waals surface area contributed by atoms with Crippen LogP contribution in [0.4, 0.5) is 0 Å². The van der Waals surface area contributed by atoms with E-state index in [0.29, 0.717) is 25.9 Å². The third-order valence-electron chi connectivity index (χ3n) is 12.8. The maximum Gasteiger partial charge on any atom is 0.305 e. The van der Waals surface area contributed by atoms with Crippen LogP contribution in [0.5, 0.6) is 0 Å². The molecule has 0 aromatic heterocycles. The number of nitrogens with one attached hydrogen (secondary N) is 1. The van der Waals surface area contributed by atoms with E-state index in [1.165, 1.54) is 225 Å². The quantitative estimate of drug-likeness (QED) is 0.0322. The molecule has 6 nitrogen and oxygen atoms in total. The summed E-state index contributed by atoms with van der Waals surface area (Å²) in [5.41, 5.74) is 0. The first-order valence-electron chi connectivity index (χ1n) is 27.4. The lowest BCUT2D eigenvalue weighted by Gasteiger charge is -2.22. The summed E-state index contributed by atoms with van der Waals surface area (Å²) in [7, 11) is 0. The first-order chi connectivity index (χ1) is 30.0. The Bertz CT molecular complexity index is 909. The highest BCUT2D eigenvalue weighted by Gasteiger charge is 2.20. The van der Waals surface area contributed by atoms with Gasteiger partial charge in [0.15, 0.2) is 0 Å². The summed E-state index contributed by atoms with van der Waals surface area (Å²) >= 11 is 0. The zero-order valence-corrected chi connectivity index (χ0v) is 41.2. The average molecular weight is 862 g/mol. The number of aliphatic hydroxyl groups is 2. The molecule has 0 saturated carbocycles. The molecule has 0 aliphatic rings.